The summed E-state index contributed by atoms with van der Waals surface area (Å²) >= 11 is 0. The number of esters is 1. The first-order valence-electron chi connectivity index (χ1n) is 6.96. The average Bonchev–Trinajstić information content (AvgIpc) is 2.50. The molecule has 2 aliphatic carbocycles. The summed E-state index contributed by atoms with van der Waals surface area (Å²) in [4.78, 5) is 12.0. The molecule has 0 aromatic carbocycles. The highest BCUT2D eigenvalue weighted by Crippen LogP contribution is 2.56. The molecule has 0 radical (unpaired) electrons. The minimum atomic E-state index is -0.240. The van der Waals surface area contributed by atoms with Crippen LogP contribution in [0.1, 0.15) is 46.5 Å². The van der Waals surface area contributed by atoms with Crippen molar-refractivity contribution in [2.45, 2.75) is 52.1 Å². The number of ether oxygens (including phenoxy) is 1. The van der Waals surface area contributed by atoms with Gasteiger partial charge in [-0.3, -0.25) is 4.79 Å². The lowest BCUT2D eigenvalue weighted by atomic mass is 9.58. The summed E-state index contributed by atoms with van der Waals surface area (Å²) in [6, 6.07) is 0. The van der Waals surface area contributed by atoms with Gasteiger partial charge in [-0.2, -0.15) is 0 Å². The molecular weight excluding hydrogens is 212 g/mol. The molecule has 2 nitrogen and oxygen atoms in total. The number of carbonyl (C=O) groups is 1. The maximum atomic E-state index is 12.0. The highest BCUT2D eigenvalue weighted by Gasteiger charge is 2.60. The second-order valence-electron chi connectivity index (χ2n) is 6.36. The monoisotopic (exact) mass is 234 g/mol. The number of rotatable bonds is 0. The van der Waals surface area contributed by atoms with Gasteiger partial charge >= 0.3 is 5.97 Å². The first kappa shape index (κ1) is 11.3. The van der Waals surface area contributed by atoms with E-state index >= 15 is 0 Å². The van der Waals surface area contributed by atoms with E-state index in [9.17, 15) is 4.79 Å². The van der Waals surface area contributed by atoms with Crippen molar-refractivity contribution in [1.82, 2.24) is 0 Å². The predicted octanol–water partition coefficient (Wildman–Crippen LogP) is 3.32. The first-order chi connectivity index (χ1) is 8.04. The predicted molar refractivity (Wildman–Crippen MR) is 66.4 cm³/mol. The van der Waals surface area contributed by atoms with Crippen molar-refractivity contribution in [3.63, 3.8) is 0 Å². The Bertz CT molecular complexity index is 384. The molecule has 94 valence electrons. The van der Waals surface area contributed by atoms with Crippen LogP contribution in [0.3, 0.4) is 0 Å². The molecule has 0 N–H and O–H groups in total. The van der Waals surface area contributed by atoms with Gasteiger partial charge in [-0.1, -0.05) is 19.4 Å². The minimum absolute atomic E-state index is 0.0278. The molecule has 17 heavy (non-hydrogen) atoms. The van der Waals surface area contributed by atoms with Crippen molar-refractivity contribution < 1.29 is 9.53 Å². The van der Waals surface area contributed by atoms with Gasteiger partial charge < -0.3 is 4.74 Å². The van der Waals surface area contributed by atoms with Crippen molar-refractivity contribution in [3.8, 4) is 0 Å². The van der Waals surface area contributed by atoms with E-state index < -0.39 is 0 Å². The zero-order valence-electron chi connectivity index (χ0n) is 11.0. The van der Waals surface area contributed by atoms with Gasteiger partial charge in [-0.15, -0.1) is 0 Å². The van der Waals surface area contributed by atoms with Crippen molar-refractivity contribution in [3.05, 3.63) is 11.6 Å². The highest BCUT2D eigenvalue weighted by atomic mass is 16.6. The van der Waals surface area contributed by atoms with Gasteiger partial charge in [0.25, 0.3) is 0 Å². The van der Waals surface area contributed by atoms with Gasteiger partial charge in [0.15, 0.2) is 0 Å². The largest absolute Gasteiger partial charge is 0.454 e. The van der Waals surface area contributed by atoms with Crippen LogP contribution in [0.5, 0.6) is 0 Å². The van der Waals surface area contributed by atoms with Crippen LogP contribution in [0.25, 0.3) is 0 Å². The first-order valence-corrected chi connectivity index (χ1v) is 6.96. The van der Waals surface area contributed by atoms with Crippen molar-refractivity contribution in [1.29, 1.82) is 0 Å². The van der Waals surface area contributed by atoms with E-state index in [1.807, 2.05) is 6.92 Å². The second kappa shape index (κ2) is 3.60. The fraction of sp³-hybridized carbons (Fsp3) is 0.800. The van der Waals surface area contributed by atoms with E-state index in [1.165, 1.54) is 24.8 Å². The van der Waals surface area contributed by atoms with Crippen LogP contribution in [0.4, 0.5) is 0 Å². The maximum absolute atomic E-state index is 12.0. The summed E-state index contributed by atoms with van der Waals surface area (Å²) < 4.78 is 5.89. The summed E-state index contributed by atoms with van der Waals surface area (Å²) in [5.74, 6) is 1.78. The molecule has 0 aromatic rings. The molecule has 0 aromatic heterocycles. The summed E-state index contributed by atoms with van der Waals surface area (Å²) in [6.07, 6.45) is 7.07. The van der Waals surface area contributed by atoms with Gasteiger partial charge in [0, 0.05) is 11.8 Å². The van der Waals surface area contributed by atoms with Crippen LogP contribution < -0.4 is 0 Å². The Morgan fingerprint density at radius 2 is 2.00 bits per heavy atom. The molecule has 3 rings (SSSR count). The molecule has 0 bridgehead atoms. The zero-order valence-corrected chi connectivity index (χ0v) is 11.0. The quantitative estimate of drug-likeness (QED) is 0.475. The molecule has 1 heterocycles. The lowest BCUT2D eigenvalue weighted by molar-refractivity contribution is -0.155. The maximum Gasteiger partial charge on any atom is 0.309 e. The smallest absolute Gasteiger partial charge is 0.309 e. The average molecular weight is 234 g/mol. The standard InChI is InChI=1S/C15H22O2/c1-9-4-6-12-10(2)5-7-13-11(3)14(16)17-15(12,13)8-9/h8,10-13H,4-7H2,1-3H3/t10-,11-,12?,13+,15?/m1/s1. The molecule has 3 aliphatic rings. The Hall–Kier alpha value is -0.790. The molecule has 1 spiro atoms. The Kier molecular flexibility index (Phi) is 2.39. The molecule has 0 amide bonds. The highest BCUT2D eigenvalue weighted by molar-refractivity contribution is 5.76. The van der Waals surface area contributed by atoms with Crippen LogP contribution in [0, 0.1) is 23.7 Å². The van der Waals surface area contributed by atoms with Crippen LogP contribution in [-0.4, -0.2) is 11.6 Å². The van der Waals surface area contributed by atoms with E-state index in [0.29, 0.717) is 17.8 Å². The minimum Gasteiger partial charge on any atom is -0.454 e. The van der Waals surface area contributed by atoms with Gasteiger partial charge in [0.2, 0.25) is 0 Å². The fourth-order valence-electron chi connectivity index (χ4n) is 4.41. The number of allylic oxidation sites excluding steroid dienone is 1. The van der Waals surface area contributed by atoms with Crippen molar-refractivity contribution in [2.75, 3.05) is 0 Å². The molecule has 5 atom stereocenters. The lowest BCUT2D eigenvalue weighted by Gasteiger charge is -2.48. The SMILES string of the molecule is CC1=CC23OC(=O)[C@H](C)[C@@H]2CC[C@@H](C)C3CC1. The number of hydrogen-bond donors (Lipinski definition) is 0. The zero-order chi connectivity index (χ0) is 12.2. The van der Waals surface area contributed by atoms with E-state index in [2.05, 4.69) is 19.9 Å². The second-order valence-corrected chi connectivity index (χ2v) is 6.36. The molecule has 1 saturated carbocycles. The van der Waals surface area contributed by atoms with E-state index in [0.717, 1.165) is 6.42 Å². The van der Waals surface area contributed by atoms with Gasteiger partial charge in [-0.05, 0) is 44.6 Å². The third-order valence-corrected chi connectivity index (χ3v) is 5.35. The Morgan fingerprint density at radius 3 is 2.76 bits per heavy atom. The lowest BCUT2D eigenvalue weighted by Crippen LogP contribution is -2.50. The van der Waals surface area contributed by atoms with Crippen LogP contribution >= 0.6 is 0 Å². The topological polar surface area (TPSA) is 26.3 Å². The van der Waals surface area contributed by atoms with Gasteiger partial charge in [0.05, 0.1) is 5.92 Å². The molecular formula is C15H22O2. The third-order valence-electron chi connectivity index (χ3n) is 5.35. The van der Waals surface area contributed by atoms with E-state index in [-0.39, 0.29) is 17.5 Å². The Balaban J connectivity index is 2.07. The summed E-state index contributed by atoms with van der Waals surface area (Å²) in [5.41, 5.74) is 1.17. The fourth-order valence-corrected chi connectivity index (χ4v) is 4.41. The Morgan fingerprint density at radius 1 is 1.24 bits per heavy atom. The molecule has 1 aliphatic heterocycles. The van der Waals surface area contributed by atoms with E-state index in [4.69, 9.17) is 4.74 Å². The third kappa shape index (κ3) is 1.42. The molecule has 2 heteroatoms. The number of carbonyl (C=O) groups excluding carboxylic acids is 1. The number of hydrogen-bond acceptors (Lipinski definition) is 2. The normalized spacial score (nSPS) is 49.1. The summed E-state index contributed by atoms with van der Waals surface area (Å²) in [6.45, 7) is 6.55. The van der Waals surface area contributed by atoms with Crippen LogP contribution in [0.2, 0.25) is 0 Å². The van der Waals surface area contributed by atoms with Gasteiger partial charge in [-0.25, -0.2) is 0 Å². The Labute approximate surface area is 103 Å². The molecule has 2 fully saturated rings. The van der Waals surface area contributed by atoms with Crippen LogP contribution in [0.15, 0.2) is 11.6 Å². The van der Waals surface area contributed by atoms with Crippen molar-refractivity contribution >= 4 is 5.97 Å². The van der Waals surface area contributed by atoms with E-state index in [1.54, 1.807) is 0 Å². The molecule has 1 saturated heterocycles. The molecule has 2 unspecified atom stereocenters. The van der Waals surface area contributed by atoms with Crippen molar-refractivity contribution in [2.24, 2.45) is 23.7 Å². The summed E-state index contributed by atoms with van der Waals surface area (Å²) in [5, 5.41) is 0. The van der Waals surface area contributed by atoms with Gasteiger partial charge in [0.1, 0.15) is 5.60 Å². The van der Waals surface area contributed by atoms with Crippen LogP contribution in [-0.2, 0) is 9.53 Å². The summed E-state index contributed by atoms with van der Waals surface area (Å²) in [7, 11) is 0.